The number of thioether (sulfide) groups is 1. The lowest BCUT2D eigenvalue weighted by molar-refractivity contribution is -0.149. The number of esters is 1. The molecule has 0 amide bonds. The Kier molecular flexibility index (Phi) is 4.95. The molecule has 0 aromatic carbocycles. The van der Waals surface area contributed by atoms with Crippen LogP contribution in [0.15, 0.2) is 5.16 Å². The summed E-state index contributed by atoms with van der Waals surface area (Å²) in [6.07, 6.45) is 0.518. The van der Waals surface area contributed by atoms with E-state index >= 15 is 0 Å². The van der Waals surface area contributed by atoms with Gasteiger partial charge in [-0.3, -0.25) is 9.89 Å². The van der Waals surface area contributed by atoms with Crippen molar-refractivity contribution in [3.05, 3.63) is 5.82 Å². The van der Waals surface area contributed by atoms with Crippen molar-refractivity contribution in [3.8, 4) is 0 Å². The third-order valence-corrected chi connectivity index (χ3v) is 3.02. The van der Waals surface area contributed by atoms with Crippen LogP contribution in [0.1, 0.15) is 26.1 Å². The zero-order valence-electron chi connectivity index (χ0n) is 10.3. The summed E-state index contributed by atoms with van der Waals surface area (Å²) in [4.78, 5) is 15.7. The van der Waals surface area contributed by atoms with Gasteiger partial charge in [-0.2, -0.15) is 0 Å². The predicted molar refractivity (Wildman–Crippen MR) is 65.7 cm³/mol. The molecule has 1 aromatic rings. The number of aromatic nitrogens is 3. The number of nitrogens with zero attached hydrogens (tertiary/aromatic N) is 2. The fraction of sp³-hybridized carbons (Fsp3) is 0.700. The van der Waals surface area contributed by atoms with Crippen LogP contribution in [0, 0.1) is 6.92 Å². The number of carbonyl (C=O) groups excluding carboxylic acids is 1. The minimum Gasteiger partial charge on any atom is -0.465 e. The topological polar surface area (TPSA) is 93.9 Å². The first-order chi connectivity index (χ1) is 7.95. The van der Waals surface area contributed by atoms with Gasteiger partial charge >= 0.3 is 5.97 Å². The molecule has 0 bridgehead atoms. The van der Waals surface area contributed by atoms with E-state index in [-0.39, 0.29) is 5.97 Å². The molecule has 1 aromatic heterocycles. The van der Waals surface area contributed by atoms with Crippen LogP contribution in [0.4, 0.5) is 0 Å². The number of hydrogen-bond donors (Lipinski definition) is 2. The predicted octanol–water partition coefficient (Wildman–Crippen LogP) is 0.876. The summed E-state index contributed by atoms with van der Waals surface area (Å²) in [6, 6.07) is 0. The summed E-state index contributed by atoms with van der Waals surface area (Å²) >= 11 is 1.46. The molecule has 0 saturated heterocycles. The van der Waals surface area contributed by atoms with Gasteiger partial charge in [0.1, 0.15) is 11.4 Å². The van der Waals surface area contributed by atoms with Gasteiger partial charge in [0, 0.05) is 5.75 Å². The van der Waals surface area contributed by atoms with E-state index in [4.69, 9.17) is 10.5 Å². The van der Waals surface area contributed by atoms with Crippen molar-refractivity contribution < 1.29 is 9.53 Å². The molecule has 0 aliphatic carbocycles. The Morgan fingerprint density at radius 3 is 2.88 bits per heavy atom. The maximum atomic E-state index is 11.5. The Morgan fingerprint density at radius 2 is 2.35 bits per heavy atom. The largest absolute Gasteiger partial charge is 0.465 e. The van der Waals surface area contributed by atoms with E-state index in [0.29, 0.717) is 23.9 Å². The van der Waals surface area contributed by atoms with Crippen molar-refractivity contribution in [2.75, 3.05) is 12.4 Å². The lowest BCUT2D eigenvalue weighted by Crippen LogP contribution is -2.46. The number of nitrogens with two attached hydrogens (primary N) is 1. The number of carbonyl (C=O) groups is 1. The third kappa shape index (κ3) is 4.35. The first kappa shape index (κ1) is 14.0. The third-order valence-electron chi connectivity index (χ3n) is 2.17. The summed E-state index contributed by atoms with van der Waals surface area (Å²) in [7, 11) is 0. The Labute approximate surface area is 105 Å². The number of H-pyrrole nitrogens is 1. The van der Waals surface area contributed by atoms with E-state index in [2.05, 4.69) is 15.2 Å². The normalized spacial score (nSPS) is 14.4. The van der Waals surface area contributed by atoms with Gasteiger partial charge in [-0.15, -0.1) is 5.10 Å². The monoisotopic (exact) mass is 258 g/mol. The van der Waals surface area contributed by atoms with Crippen LogP contribution in [0.5, 0.6) is 0 Å². The van der Waals surface area contributed by atoms with Gasteiger partial charge in [0.15, 0.2) is 0 Å². The van der Waals surface area contributed by atoms with Crippen molar-refractivity contribution in [2.24, 2.45) is 5.73 Å². The number of hydrogen-bond acceptors (Lipinski definition) is 6. The highest BCUT2D eigenvalue weighted by Gasteiger charge is 2.29. The molecule has 0 saturated carbocycles. The van der Waals surface area contributed by atoms with E-state index in [0.717, 1.165) is 5.82 Å². The molecular formula is C10H18N4O2S. The fourth-order valence-electron chi connectivity index (χ4n) is 1.14. The summed E-state index contributed by atoms with van der Waals surface area (Å²) in [5.41, 5.74) is 4.93. The molecule has 1 rings (SSSR count). The zero-order valence-corrected chi connectivity index (χ0v) is 11.1. The van der Waals surface area contributed by atoms with Gasteiger partial charge in [-0.05, 0) is 27.2 Å². The van der Waals surface area contributed by atoms with Crippen molar-refractivity contribution >= 4 is 17.7 Å². The van der Waals surface area contributed by atoms with Crippen molar-refractivity contribution in [2.45, 2.75) is 37.9 Å². The van der Waals surface area contributed by atoms with Crippen molar-refractivity contribution in [3.63, 3.8) is 0 Å². The molecule has 17 heavy (non-hydrogen) atoms. The minimum absolute atomic E-state index is 0.346. The highest BCUT2D eigenvalue weighted by Crippen LogP contribution is 2.18. The molecular weight excluding hydrogens is 240 g/mol. The Hall–Kier alpha value is -1.08. The second kappa shape index (κ2) is 6.02. The van der Waals surface area contributed by atoms with E-state index in [1.54, 1.807) is 13.8 Å². The van der Waals surface area contributed by atoms with E-state index < -0.39 is 5.54 Å². The quantitative estimate of drug-likeness (QED) is 0.581. The molecule has 7 heteroatoms. The highest BCUT2D eigenvalue weighted by atomic mass is 32.2. The van der Waals surface area contributed by atoms with E-state index in [9.17, 15) is 4.79 Å². The molecule has 0 aliphatic rings. The molecule has 6 nitrogen and oxygen atoms in total. The van der Waals surface area contributed by atoms with Crippen LogP contribution < -0.4 is 5.73 Å². The van der Waals surface area contributed by atoms with Crippen LogP contribution >= 0.6 is 11.8 Å². The maximum absolute atomic E-state index is 11.5. The van der Waals surface area contributed by atoms with Crippen LogP contribution in [-0.2, 0) is 9.53 Å². The second-order valence-corrected chi connectivity index (χ2v) is 5.00. The van der Waals surface area contributed by atoms with Crippen LogP contribution in [0.25, 0.3) is 0 Å². The average molecular weight is 258 g/mol. The first-order valence-electron chi connectivity index (χ1n) is 5.43. The van der Waals surface area contributed by atoms with Gasteiger partial charge < -0.3 is 10.5 Å². The fourth-order valence-corrected chi connectivity index (χ4v) is 2.16. The van der Waals surface area contributed by atoms with Gasteiger partial charge in [0.25, 0.3) is 0 Å². The summed E-state index contributed by atoms with van der Waals surface area (Å²) < 4.78 is 4.90. The van der Waals surface area contributed by atoms with Gasteiger partial charge in [-0.25, -0.2) is 4.98 Å². The molecule has 0 radical (unpaired) electrons. The van der Waals surface area contributed by atoms with Crippen molar-refractivity contribution in [1.82, 2.24) is 15.2 Å². The van der Waals surface area contributed by atoms with Gasteiger partial charge in [0.05, 0.1) is 6.61 Å². The lowest BCUT2D eigenvalue weighted by Gasteiger charge is -2.21. The minimum atomic E-state index is -0.950. The highest BCUT2D eigenvalue weighted by molar-refractivity contribution is 7.99. The Bertz CT molecular complexity index is 378. The number of nitrogens with one attached hydrogen (secondary N) is 1. The average Bonchev–Trinajstić information content (AvgIpc) is 2.64. The standard InChI is InChI=1S/C10H18N4O2S/c1-4-16-8(15)10(3,11)5-6-17-9-12-7(2)13-14-9/h4-6,11H2,1-3H3,(H,12,13,14). The molecule has 96 valence electrons. The second-order valence-electron chi connectivity index (χ2n) is 3.94. The van der Waals surface area contributed by atoms with E-state index in [1.165, 1.54) is 11.8 Å². The Balaban J connectivity index is 2.37. The smallest absolute Gasteiger partial charge is 0.325 e. The number of ether oxygens (including phenoxy) is 1. The van der Waals surface area contributed by atoms with Gasteiger partial charge in [0.2, 0.25) is 5.16 Å². The molecule has 1 unspecified atom stereocenters. The molecule has 1 heterocycles. The molecule has 3 N–H and O–H groups in total. The molecule has 0 fully saturated rings. The van der Waals surface area contributed by atoms with Crippen LogP contribution in [0.2, 0.25) is 0 Å². The number of rotatable bonds is 6. The van der Waals surface area contributed by atoms with Crippen molar-refractivity contribution in [1.29, 1.82) is 0 Å². The lowest BCUT2D eigenvalue weighted by atomic mass is 10.0. The molecule has 1 atom stereocenters. The van der Waals surface area contributed by atoms with Crippen LogP contribution in [0.3, 0.4) is 0 Å². The Morgan fingerprint density at radius 1 is 1.65 bits per heavy atom. The zero-order chi connectivity index (χ0) is 12.9. The molecule has 0 aliphatic heterocycles. The number of aromatic amines is 1. The number of aryl methyl sites for hydroxylation is 1. The van der Waals surface area contributed by atoms with Gasteiger partial charge in [-0.1, -0.05) is 11.8 Å². The molecule has 0 spiro atoms. The summed E-state index contributed by atoms with van der Waals surface area (Å²) in [5.74, 6) is 1.07. The summed E-state index contributed by atoms with van der Waals surface area (Å²) in [5, 5.41) is 7.41. The SMILES string of the molecule is CCOC(=O)C(C)(N)CCSc1n[nH]c(C)n1. The van der Waals surface area contributed by atoms with Crippen LogP contribution in [-0.4, -0.2) is 39.0 Å². The maximum Gasteiger partial charge on any atom is 0.325 e. The first-order valence-corrected chi connectivity index (χ1v) is 6.42. The summed E-state index contributed by atoms with van der Waals surface area (Å²) in [6.45, 7) is 5.62. The van der Waals surface area contributed by atoms with E-state index in [1.807, 2.05) is 6.92 Å².